The number of amides is 1. The van der Waals surface area contributed by atoms with Gasteiger partial charge < -0.3 is 5.32 Å². The number of halogens is 3. The highest BCUT2D eigenvalue weighted by Gasteiger charge is 2.21. The normalized spacial score (nSPS) is 22.8. The number of likely N-dealkylation sites (N-methyl/N-ethyl adjacent to an activating group) is 1. The first-order valence-electron chi connectivity index (χ1n) is 3.68. The average Bonchev–Trinajstić information content (AvgIpc) is 2.10. The Bertz CT molecular complexity index is 296. The van der Waals surface area contributed by atoms with E-state index in [2.05, 4.69) is 73.1 Å². The molecular weight excluding hydrogens is 507 g/mol. The molecule has 1 unspecified atom stereocenters. The molecule has 1 rings (SSSR count). The van der Waals surface area contributed by atoms with E-state index < -0.39 is 0 Å². The highest BCUT2D eigenvalue weighted by molar-refractivity contribution is 14.1. The van der Waals surface area contributed by atoms with Gasteiger partial charge in [-0.15, -0.1) is 0 Å². The van der Waals surface area contributed by atoms with Crippen molar-refractivity contribution < 1.29 is 4.79 Å². The van der Waals surface area contributed by atoms with Crippen LogP contribution in [-0.2, 0) is 4.79 Å². The first kappa shape index (κ1) is 12.2. The van der Waals surface area contributed by atoms with Crippen LogP contribution in [0.15, 0.2) is 18.8 Å². The summed E-state index contributed by atoms with van der Waals surface area (Å²) in [6.45, 7) is 0. The summed E-state index contributed by atoms with van der Waals surface area (Å²) in [5, 5.41) is 2.65. The number of hydrogen-bond acceptors (Lipinski definition) is 1. The molecule has 1 N–H and O–H groups in total. The Morgan fingerprint density at radius 3 is 2.77 bits per heavy atom. The molecule has 0 aromatic carbocycles. The molecule has 0 saturated carbocycles. The molecule has 0 fully saturated rings. The highest BCUT2D eigenvalue weighted by Crippen LogP contribution is 2.36. The maximum absolute atomic E-state index is 11.4. The van der Waals surface area contributed by atoms with Crippen molar-refractivity contribution >= 4 is 73.7 Å². The van der Waals surface area contributed by atoms with Crippen molar-refractivity contribution in [2.75, 3.05) is 7.05 Å². The molecule has 1 aliphatic carbocycles. The number of nitrogens with one attached hydrogen (secondary N) is 1. The number of rotatable bonds is 1. The number of carbonyl (C=O) groups excluding carboxylic acids is 1. The summed E-state index contributed by atoms with van der Waals surface area (Å²) in [5.74, 6) is 0.0138. The van der Waals surface area contributed by atoms with Crippen LogP contribution in [0.25, 0.3) is 0 Å². The van der Waals surface area contributed by atoms with Crippen LogP contribution in [0.1, 0.15) is 6.42 Å². The summed E-state index contributed by atoms with van der Waals surface area (Å²) in [7, 11) is 1.66. The predicted molar refractivity (Wildman–Crippen MR) is 79.6 cm³/mol. The standard InChI is InChI=1S/C8H8I3NO/c1-12-8(13)5-2-4(9)3-6(10)7(5)11/h2,4H,3H2,1H3,(H,12,13). The third-order valence-electron chi connectivity index (χ3n) is 1.67. The fourth-order valence-electron chi connectivity index (χ4n) is 1.03. The van der Waals surface area contributed by atoms with Crippen LogP contribution in [0.4, 0.5) is 0 Å². The maximum Gasteiger partial charge on any atom is 0.251 e. The second-order valence-corrected chi connectivity index (χ2v) is 6.58. The van der Waals surface area contributed by atoms with E-state index in [4.69, 9.17) is 0 Å². The average molecular weight is 515 g/mol. The molecule has 0 bridgehead atoms. The lowest BCUT2D eigenvalue weighted by Gasteiger charge is -2.16. The van der Waals surface area contributed by atoms with Crippen LogP contribution in [0, 0.1) is 0 Å². The largest absolute Gasteiger partial charge is 0.355 e. The fraction of sp³-hybridized carbons (Fsp3) is 0.375. The van der Waals surface area contributed by atoms with E-state index in [1.54, 1.807) is 7.05 Å². The van der Waals surface area contributed by atoms with Gasteiger partial charge in [-0.2, -0.15) is 0 Å². The SMILES string of the molecule is CNC(=O)C1=CC(I)CC(I)=C1I. The van der Waals surface area contributed by atoms with Crippen LogP contribution in [-0.4, -0.2) is 16.9 Å². The highest BCUT2D eigenvalue weighted by atomic mass is 127. The first-order chi connectivity index (χ1) is 6.06. The summed E-state index contributed by atoms with van der Waals surface area (Å²) in [6, 6.07) is 0. The lowest BCUT2D eigenvalue weighted by molar-refractivity contribution is -0.116. The predicted octanol–water partition coefficient (Wildman–Crippen LogP) is 2.95. The quantitative estimate of drug-likeness (QED) is 0.423. The molecule has 72 valence electrons. The molecule has 1 aliphatic rings. The summed E-state index contributed by atoms with van der Waals surface area (Å²) >= 11 is 6.89. The maximum atomic E-state index is 11.4. The van der Waals surface area contributed by atoms with Crippen molar-refractivity contribution in [3.8, 4) is 0 Å². The molecule has 0 radical (unpaired) electrons. The zero-order valence-electron chi connectivity index (χ0n) is 6.90. The van der Waals surface area contributed by atoms with E-state index in [1.165, 1.54) is 3.58 Å². The molecule has 0 aromatic heterocycles. The fourth-order valence-corrected chi connectivity index (χ4v) is 4.08. The molecule has 0 heterocycles. The Kier molecular flexibility index (Phi) is 4.97. The number of allylic oxidation sites excluding steroid dienone is 2. The van der Waals surface area contributed by atoms with Crippen molar-refractivity contribution in [1.82, 2.24) is 5.32 Å². The van der Waals surface area contributed by atoms with Gasteiger partial charge in [0.05, 0.1) is 5.57 Å². The van der Waals surface area contributed by atoms with E-state index in [9.17, 15) is 4.79 Å². The van der Waals surface area contributed by atoms with E-state index >= 15 is 0 Å². The molecule has 1 amide bonds. The van der Waals surface area contributed by atoms with E-state index in [0.29, 0.717) is 3.92 Å². The van der Waals surface area contributed by atoms with Crippen molar-refractivity contribution in [2.24, 2.45) is 0 Å². The molecule has 0 aromatic rings. The Balaban J connectivity index is 3.00. The van der Waals surface area contributed by atoms with Crippen molar-refractivity contribution in [1.29, 1.82) is 0 Å². The van der Waals surface area contributed by atoms with Gasteiger partial charge >= 0.3 is 0 Å². The Labute approximate surface area is 118 Å². The second kappa shape index (κ2) is 5.29. The van der Waals surface area contributed by atoms with Gasteiger partial charge in [0, 0.05) is 18.1 Å². The van der Waals surface area contributed by atoms with Crippen molar-refractivity contribution in [3.63, 3.8) is 0 Å². The Morgan fingerprint density at radius 1 is 1.62 bits per heavy atom. The van der Waals surface area contributed by atoms with Crippen LogP contribution < -0.4 is 5.32 Å². The molecule has 1 atom stereocenters. The summed E-state index contributed by atoms with van der Waals surface area (Å²) in [4.78, 5) is 11.4. The molecule has 0 saturated heterocycles. The van der Waals surface area contributed by atoms with Gasteiger partial charge in [0.1, 0.15) is 0 Å². The Hall–Kier alpha value is 1.14. The van der Waals surface area contributed by atoms with E-state index in [0.717, 1.165) is 15.6 Å². The molecular formula is C8H8I3NO. The Morgan fingerprint density at radius 2 is 2.23 bits per heavy atom. The summed E-state index contributed by atoms with van der Waals surface area (Å²) in [5.41, 5.74) is 0.818. The zero-order valence-corrected chi connectivity index (χ0v) is 13.4. The van der Waals surface area contributed by atoms with Crippen molar-refractivity contribution in [2.45, 2.75) is 10.3 Å². The van der Waals surface area contributed by atoms with Gasteiger partial charge in [0.15, 0.2) is 0 Å². The third kappa shape index (κ3) is 3.05. The number of hydrogen-bond donors (Lipinski definition) is 1. The lowest BCUT2D eigenvalue weighted by atomic mass is 10.1. The minimum Gasteiger partial charge on any atom is -0.355 e. The summed E-state index contributed by atoms with van der Waals surface area (Å²) < 4.78 is 2.81. The zero-order chi connectivity index (χ0) is 10.0. The molecule has 5 heteroatoms. The lowest BCUT2D eigenvalue weighted by Crippen LogP contribution is -2.22. The van der Waals surface area contributed by atoms with E-state index in [1.807, 2.05) is 6.08 Å². The molecule has 0 spiro atoms. The number of alkyl halides is 1. The minimum atomic E-state index is 0.0138. The van der Waals surface area contributed by atoms with Crippen LogP contribution in [0.2, 0.25) is 0 Å². The monoisotopic (exact) mass is 515 g/mol. The van der Waals surface area contributed by atoms with Gasteiger partial charge in [-0.3, -0.25) is 4.79 Å². The van der Waals surface area contributed by atoms with Gasteiger partial charge in [-0.1, -0.05) is 28.7 Å². The second-order valence-electron chi connectivity index (χ2n) is 2.60. The van der Waals surface area contributed by atoms with Crippen molar-refractivity contribution in [3.05, 3.63) is 18.8 Å². The van der Waals surface area contributed by atoms with Gasteiger partial charge in [0.2, 0.25) is 0 Å². The van der Waals surface area contributed by atoms with Crippen LogP contribution in [0.3, 0.4) is 0 Å². The van der Waals surface area contributed by atoms with E-state index in [-0.39, 0.29) is 5.91 Å². The molecule has 13 heavy (non-hydrogen) atoms. The van der Waals surface area contributed by atoms with Crippen LogP contribution >= 0.6 is 67.8 Å². The smallest absolute Gasteiger partial charge is 0.251 e. The first-order valence-corrected chi connectivity index (χ1v) is 7.09. The topological polar surface area (TPSA) is 29.1 Å². The van der Waals surface area contributed by atoms with Crippen LogP contribution in [0.5, 0.6) is 0 Å². The van der Waals surface area contributed by atoms with Gasteiger partial charge in [0.25, 0.3) is 5.91 Å². The van der Waals surface area contributed by atoms with Gasteiger partial charge in [-0.05, 0) is 51.6 Å². The minimum absolute atomic E-state index is 0.0138. The molecule has 2 nitrogen and oxygen atoms in total. The number of carbonyl (C=O) groups is 1. The third-order valence-corrected chi connectivity index (χ3v) is 5.71. The summed E-state index contributed by atoms with van der Waals surface area (Å²) in [6.07, 6.45) is 3.07. The molecule has 0 aliphatic heterocycles. The van der Waals surface area contributed by atoms with Gasteiger partial charge in [-0.25, -0.2) is 0 Å².